The van der Waals surface area contributed by atoms with Crippen molar-refractivity contribution < 1.29 is 4.79 Å². The van der Waals surface area contributed by atoms with Crippen molar-refractivity contribution in [1.82, 2.24) is 4.90 Å². The topological polar surface area (TPSA) is 46.3 Å². The predicted octanol–water partition coefficient (Wildman–Crippen LogP) is 2.71. The maximum absolute atomic E-state index is 11.9. The number of amides is 1. The Morgan fingerprint density at radius 1 is 1.42 bits per heavy atom. The van der Waals surface area contributed by atoms with Gasteiger partial charge in [0.2, 0.25) is 5.91 Å². The second-order valence-corrected chi connectivity index (χ2v) is 5.90. The number of nitrogen functional groups attached to an aromatic ring is 1. The van der Waals surface area contributed by atoms with Crippen LogP contribution in [0.25, 0.3) is 0 Å². The summed E-state index contributed by atoms with van der Waals surface area (Å²) in [5, 5.41) is 0. The van der Waals surface area contributed by atoms with Crippen molar-refractivity contribution in [2.75, 3.05) is 18.8 Å². The highest BCUT2D eigenvalue weighted by atomic mass is 16.2. The molecule has 1 aromatic carbocycles. The Bertz CT molecular complexity index is 442. The average molecular weight is 260 g/mol. The Morgan fingerprint density at radius 3 is 2.84 bits per heavy atom. The molecule has 0 aliphatic carbocycles. The van der Waals surface area contributed by atoms with Gasteiger partial charge in [0, 0.05) is 25.2 Å². The molecule has 19 heavy (non-hydrogen) atoms. The molecule has 1 aliphatic rings. The minimum Gasteiger partial charge on any atom is -0.399 e. The van der Waals surface area contributed by atoms with Crippen LogP contribution in [-0.4, -0.2) is 23.9 Å². The van der Waals surface area contributed by atoms with Crippen LogP contribution in [0.5, 0.6) is 0 Å². The van der Waals surface area contributed by atoms with Crippen molar-refractivity contribution in [3.8, 4) is 0 Å². The van der Waals surface area contributed by atoms with Gasteiger partial charge in [0.15, 0.2) is 0 Å². The molecule has 1 atom stereocenters. The van der Waals surface area contributed by atoms with E-state index in [1.54, 1.807) is 0 Å². The van der Waals surface area contributed by atoms with Crippen LogP contribution in [0.4, 0.5) is 5.69 Å². The van der Waals surface area contributed by atoms with Gasteiger partial charge in [-0.05, 0) is 42.4 Å². The van der Waals surface area contributed by atoms with Crippen molar-refractivity contribution in [1.29, 1.82) is 0 Å². The summed E-state index contributed by atoms with van der Waals surface area (Å²) < 4.78 is 0. The first-order chi connectivity index (χ1) is 9.06. The second-order valence-electron chi connectivity index (χ2n) is 5.90. The van der Waals surface area contributed by atoms with Gasteiger partial charge in [-0.2, -0.15) is 0 Å². The first-order valence-corrected chi connectivity index (χ1v) is 7.18. The average Bonchev–Trinajstić information content (AvgIpc) is 2.71. The minimum absolute atomic E-state index is 0.325. The maximum atomic E-state index is 11.9. The Morgan fingerprint density at radius 2 is 2.21 bits per heavy atom. The zero-order valence-corrected chi connectivity index (χ0v) is 11.9. The first-order valence-electron chi connectivity index (χ1n) is 7.18. The summed E-state index contributed by atoms with van der Waals surface area (Å²) in [7, 11) is 0. The number of hydrogen-bond acceptors (Lipinski definition) is 2. The fraction of sp³-hybridized carbons (Fsp3) is 0.562. The van der Waals surface area contributed by atoms with Gasteiger partial charge in [-0.3, -0.25) is 4.79 Å². The normalized spacial score (nSPS) is 19.4. The van der Waals surface area contributed by atoms with Crippen LogP contribution in [0.3, 0.4) is 0 Å². The lowest BCUT2D eigenvalue weighted by Gasteiger charge is -2.18. The SMILES string of the molecule is CC(C)C1CC(=O)N(CCCc2cccc(N)c2)C1. The molecule has 1 fully saturated rings. The smallest absolute Gasteiger partial charge is 0.222 e. The number of likely N-dealkylation sites (tertiary alicyclic amines) is 1. The molecule has 1 amide bonds. The molecular weight excluding hydrogens is 236 g/mol. The van der Waals surface area contributed by atoms with Crippen LogP contribution in [0.1, 0.15) is 32.3 Å². The van der Waals surface area contributed by atoms with Gasteiger partial charge < -0.3 is 10.6 Å². The number of rotatable bonds is 5. The Labute approximate surface area is 115 Å². The third kappa shape index (κ3) is 3.72. The van der Waals surface area contributed by atoms with Gasteiger partial charge in [0.25, 0.3) is 0 Å². The minimum atomic E-state index is 0.325. The molecular formula is C16H24N2O. The standard InChI is InChI=1S/C16H24N2O/c1-12(2)14-10-16(19)18(11-14)8-4-6-13-5-3-7-15(17)9-13/h3,5,7,9,12,14H,4,6,8,10-11,17H2,1-2H3. The second kappa shape index (κ2) is 6.09. The first kappa shape index (κ1) is 13.9. The third-order valence-corrected chi connectivity index (χ3v) is 4.03. The molecule has 1 heterocycles. The van der Waals surface area contributed by atoms with Crippen LogP contribution in [0.15, 0.2) is 24.3 Å². The van der Waals surface area contributed by atoms with Crippen LogP contribution >= 0.6 is 0 Å². The quantitative estimate of drug-likeness (QED) is 0.827. The largest absolute Gasteiger partial charge is 0.399 e. The Kier molecular flexibility index (Phi) is 4.46. The van der Waals surface area contributed by atoms with E-state index in [0.29, 0.717) is 17.7 Å². The molecule has 3 heteroatoms. The number of hydrogen-bond donors (Lipinski definition) is 1. The summed E-state index contributed by atoms with van der Waals surface area (Å²) in [6.45, 7) is 6.21. The number of carbonyl (C=O) groups is 1. The van der Waals surface area contributed by atoms with Crippen LogP contribution in [0.2, 0.25) is 0 Å². The number of carbonyl (C=O) groups excluding carboxylic acids is 1. The van der Waals surface area contributed by atoms with Gasteiger partial charge in [-0.25, -0.2) is 0 Å². The van der Waals surface area contributed by atoms with Crippen molar-refractivity contribution in [2.45, 2.75) is 33.1 Å². The van der Waals surface area contributed by atoms with Crippen LogP contribution in [0, 0.1) is 11.8 Å². The number of nitrogens with zero attached hydrogens (tertiary/aromatic N) is 1. The molecule has 1 aliphatic heterocycles. The monoisotopic (exact) mass is 260 g/mol. The van der Waals surface area contributed by atoms with Crippen molar-refractivity contribution in [2.24, 2.45) is 11.8 Å². The van der Waals surface area contributed by atoms with Gasteiger partial charge >= 0.3 is 0 Å². The van der Waals surface area contributed by atoms with Gasteiger partial charge in [0.1, 0.15) is 0 Å². The summed E-state index contributed by atoms with van der Waals surface area (Å²) >= 11 is 0. The van der Waals surface area contributed by atoms with Crippen molar-refractivity contribution >= 4 is 11.6 Å². The van der Waals surface area contributed by atoms with E-state index in [1.807, 2.05) is 23.1 Å². The molecule has 0 saturated carbocycles. The summed E-state index contributed by atoms with van der Waals surface area (Å²) in [4.78, 5) is 13.9. The summed E-state index contributed by atoms with van der Waals surface area (Å²) in [6.07, 6.45) is 2.73. The van der Waals surface area contributed by atoms with Gasteiger partial charge in [-0.1, -0.05) is 26.0 Å². The predicted molar refractivity (Wildman–Crippen MR) is 78.7 cm³/mol. The van der Waals surface area contributed by atoms with E-state index in [0.717, 1.165) is 38.0 Å². The van der Waals surface area contributed by atoms with E-state index in [2.05, 4.69) is 19.9 Å². The lowest BCUT2D eigenvalue weighted by Crippen LogP contribution is -2.27. The van der Waals surface area contributed by atoms with Gasteiger partial charge in [-0.15, -0.1) is 0 Å². The summed E-state index contributed by atoms with van der Waals surface area (Å²) in [5.41, 5.74) is 7.83. The molecule has 2 N–H and O–H groups in total. The number of aryl methyl sites for hydroxylation is 1. The Hall–Kier alpha value is -1.51. The molecule has 1 saturated heterocycles. The van der Waals surface area contributed by atoms with E-state index in [9.17, 15) is 4.79 Å². The molecule has 3 nitrogen and oxygen atoms in total. The highest BCUT2D eigenvalue weighted by Crippen LogP contribution is 2.24. The third-order valence-electron chi connectivity index (χ3n) is 4.03. The molecule has 0 spiro atoms. The molecule has 0 aromatic heterocycles. The lowest BCUT2D eigenvalue weighted by atomic mass is 9.95. The van der Waals surface area contributed by atoms with E-state index in [1.165, 1.54) is 5.56 Å². The maximum Gasteiger partial charge on any atom is 0.222 e. The van der Waals surface area contributed by atoms with Crippen molar-refractivity contribution in [3.63, 3.8) is 0 Å². The zero-order chi connectivity index (χ0) is 13.8. The van der Waals surface area contributed by atoms with E-state index >= 15 is 0 Å². The lowest BCUT2D eigenvalue weighted by molar-refractivity contribution is -0.127. The van der Waals surface area contributed by atoms with Crippen LogP contribution < -0.4 is 5.73 Å². The molecule has 1 aromatic rings. The summed E-state index contributed by atoms with van der Waals surface area (Å²) in [5.74, 6) is 1.47. The number of anilines is 1. The number of nitrogens with two attached hydrogens (primary N) is 1. The molecule has 1 unspecified atom stereocenters. The molecule has 0 bridgehead atoms. The highest BCUT2D eigenvalue weighted by Gasteiger charge is 2.30. The number of benzene rings is 1. The Balaban J connectivity index is 1.79. The fourth-order valence-corrected chi connectivity index (χ4v) is 2.69. The fourth-order valence-electron chi connectivity index (χ4n) is 2.69. The van der Waals surface area contributed by atoms with E-state index in [4.69, 9.17) is 5.73 Å². The zero-order valence-electron chi connectivity index (χ0n) is 11.9. The van der Waals surface area contributed by atoms with E-state index < -0.39 is 0 Å². The van der Waals surface area contributed by atoms with E-state index in [-0.39, 0.29) is 0 Å². The highest BCUT2D eigenvalue weighted by molar-refractivity contribution is 5.78. The molecule has 2 rings (SSSR count). The van der Waals surface area contributed by atoms with Gasteiger partial charge in [0.05, 0.1) is 0 Å². The van der Waals surface area contributed by atoms with Crippen molar-refractivity contribution in [3.05, 3.63) is 29.8 Å². The van der Waals surface area contributed by atoms with Crippen LogP contribution in [-0.2, 0) is 11.2 Å². The summed E-state index contributed by atoms with van der Waals surface area (Å²) in [6, 6.07) is 8.00. The molecule has 0 radical (unpaired) electrons. The molecule has 104 valence electrons.